The molecule has 3 nitrogen and oxygen atoms in total. The van der Waals surface area contributed by atoms with Crippen LogP contribution in [0.25, 0.3) is 0 Å². The third kappa shape index (κ3) is 4.41. The minimum atomic E-state index is 0.155. The van der Waals surface area contributed by atoms with E-state index in [2.05, 4.69) is 5.32 Å². The van der Waals surface area contributed by atoms with Crippen LogP contribution in [-0.4, -0.2) is 23.0 Å². The molecule has 1 N–H and O–H groups in total. The van der Waals surface area contributed by atoms with Gasteiger partial charge in [-0.1, -0.05) is 12.8 Å². The fourth-order valence-corrected chi connectivity index (χ4v) is 3.52. The smallest absolute Gasteiger partial charge is 0.230 e. The van der Waals surface area contributed by atoms with Gasteiger partial charge in [0.1, 0.15) is 0 Å². The zero-order valence-corrected chi connectivity index (χ0v) is 11.7. The van der Waals surface area contributed by atoms with Crippen LogP contribution < -0.4 is 5.32 Å². The van der Waals surface area contributed by atoms with Crippen LogP contribution in [0, 0.1) is 0 Å². The Morgan fingerprint density at radius 2 is 2.33 bits per heavy atom. The van der Waals surface area contributed by atoms with Crippen LogP contribution in [0.3, 0.4) is 0 Å². The standard InChI is InChI=1S/C14H21NO2S/c1-11(8-12-6-7-17-9-12)15-14(16)10-18-13-4-2-3-5-13/h6-7,9,11,13H,2-5,8,10H2,1H3,(H,15,16)/t11-/m1/s1. The lowest BCUT2D eigenvalue weighted by molar-refractivity contribution is -0.119. The molecule has 0 spiro atoms. The maximum absolute atomic E-state index is 11.8. The Morgan fingerprint density at radius 1 is 1.56 bits per heavy atom. The van der Waals surface area contributed by atoms with Crippen LogP contribution in [0.4, 0.5) is 0 Å². The summed E-state index contributed by atoms with van der Waals surface area (Å²) < 4.78 is 5.02. The Hall–Kier alpha value is -0.900. The molecule has 1 fully saturated rings. The molecule has 0 saturated heterocycles. The van der Waals surface area contributed by atoms with E-state index in [0.717, 1.165) is 12.0 Å². The predicted octanol–water partition coefficient (Wildman–Crippen LogP) is 3.00. The molecule has 0 unspecified atom stereocenters. The minimum Gasteiger partial charge on any atom is -0.472 e. The number of thioether (sulfide) groups is 1. The van der Waals surface area contributed by atoms with Gasteiger partial charge >= 0.3 is 0 Å². The molecular formula is C14H21NO2S. The molecule has 18 heavy (non-hydrogen) atoms. The average molecular weight is 267 g/mol. The Balaban J connectivity index is 1.63. The van der Waals surface area contributed by atoms with E-state index < -0.39 is 0 Å². The molecule has 4 heteroatoms. The van der Waals surface area contributed by atoms with Crippen LogP contribution in [0.1, 0.15) is 38.2 Å². The first-order chi connectivity index (χ1) is 8.74. The summed E-state index contributed by atoms with van der Waals surface area (Å²) in [6.07, 6.45) is 9.45. The molecule has 1 aliphatic carbocycles. The highest BCUT2D eigenvalue weighted by Crippen LogP contribution is 2.29. The van der Waals surface area contributed by atoms with E-state index >= 15 is 0 Å². The molecule has 1 atom stereocenters. The SMILES string of the molecule is C[C@H](Cc1ccoc1)NC(=O)CSC1CCCC1. The van der Waals surface area contributed by atoms with Crippen molar-refractivity contribution in [3.63, 3.8) is 0 Å². The van der Waals surface area contributed by atoms with Gasteiger partial charge in [-0.25, -0.2) is 0 Å². The van der Waals surface area contributed by atoms with Gasteiger partial charge in [-0.2, -0.15) is 0 Å². The van der Waals surface area contributed by atoms with Crippen LogP contribution in [0.5, 0.6) is 0 Å². The summed E-state index contributed by atoms with van der Waals surface area (Å²) in [6, 6.07) is 2.11. The van der Waals surface area contributed by atoms with E-state index in [0.29, 0.717) is 11.0 Å². The van der Waals surface area contributed by atoms with Crippen molar-refractivity contribution in [1.82, 2.24) is 5.32 Å². The number of nitrogens with one attached hydrogen (secondary N) is 1. The summed E-state index contributed by atoms with van der Waals surface area (Å²) in [5.74, 6) is 0.753. The Morgan fingerprint density at radius 3 is 3.00 bits per heavy atom. The van der Waals surface area contributed by atoms with Gasteiger partial charge in [0.25, 0.3) is 0 Å². The van der Waals surface area contributed by atoms with E-state index in [1.54, 1.807) is 12.5 Å². The lowest BCUT2D eigenvalue weighted by Gasteiger charge is -2.14. The number of rotatable bonds is 6. The largest absolute Gasteiger partial charge is 0.472 e. The van der Waals surface area contributed by atoms with Crippen molar-refractivity contribution < 1.29 is 9.21 Å². The fourth-order valence-electron chi connectivity index (χ4n) is 2.38. The molecule has 0 radical (unpaired) electrons. The fraction of sp³-hybridized carbons (Fsp3) is 0.643. The first-order valence-electron chi connectivity index (χ1n) is 6.66. The minimum absolute atomic E-state index is 0.155. The number of amides is 1. The van der Waals surface area contributed by atoms with Gasteiger partial charge in [-0.05, 0) is 37.8 Å². The predicted molar refractivity (Wildman–Crippen MR) is 74.7 cm³/mol. The second kappa shape index (κ2) is 6.88. The molecule has 0 aromatic carbocycles. The molecular weight excluding hydrogens is 246 g/mol. The molecule has 2 rings (SSSR count). The number of furan rings is 1. The van der Waals surface area contributed by atoms with Crippen LogP contribution in [0.2, 0.25) is 0 Å². The van der Waals surface area contributed by atoms with E-state index in [4.69, 9.17) is 4.42 Å². The molecule has 0 bridgehead atoms. The van der Waals surface area contributed by atoms with Crippen LogP contribution in [-0.2, 0) is 11.2 Å². The van der Waals surface area contributed by atoms with Crippen LogP contribution in [0.15, 0.2) is 23.0 Å². The number of hydrogen-bond donors (Lipinski definition) is 1. The number of carbonyl (C=O) groups excluding carboxylic acids is 1. The second-order valence-electron chi connectivity index (χ2n) is 5.02. The van der Waals surface area contributed by atoms with Crippen molar-refractivity contribution in [2.45, 2.75) is 50.3 Å². The molecule has 1 amide bonds. The van der Waals surface area contributed by atoms with Crippen LogP contribution >= 0.6 is 11.8 Å². The van der Waals surface area contributed by atoms with Crippen molar-refractivity contribution in [2.24, 2.45) is 0 Å². The van der Waals surface area contributed by atoms with Crippen molar-refractivity contribution >= 4 is 17.7 Å². The monoisotopic (exact) mass is 267 g/mol. The number of carbonyl (C=O) groups is 1. The first kappa shape index (κ1) is 13.5. The highest BCUT2D eigenvalue weighted by Gasteiger charge is 2.17. The third-order valence-electron chi connectivity index (χ3n) is 3.28. The quantitative estimate of drug-likeness (QED) is 0.861. The normalized spacial score (nSPS) is 17.8. The highest BCUT2D eigenvalue weighted by molar-refractivity contribution is 8.00. The van der Waals surface area contributed by atoms with Gasteiger partial charge in [-0.15, -0.1) is 11.8 Å². The van der Waals surface area contributed by atoms with Crippen molar-refractivity contribution in [3.8, 4) is 0 Å². The summed E-state index contributed by atoms with van der Waals surface area (Å²) in [6.45, 7) is 2.03. The molecule has 1 aliphatic rings. The van der Waals surface area contributed by atoms with E-state index in [1.807, 2.05) is 24.8 Å². The summed E-state index contributed by atoms with van der Waals surface area (Å²) in [5, 5.41) is 3.75. The average Bonchev–Trinajstić information content (AvgIpc) is 2.98. The summed E-state index contributed by atoms with van der Waals surface area (Å²) >= 11 is 1.81. The lowest BCUT2D eigenvalue weighted by Crippen LogP contribution is -2.35. The first-order valence-corrected chi connectivity index (χ1v) is 7.71. The Kier molecular flexibility index (Phi) is 5.17. The lowest BCUT2D eigenvalue weighted by atomic mass is 10.1. The molecule has 1 aromatic rings. The molecule has 1 aromatic heterocycles. The molecule has 100 valence electrons. The van der Waals surface area contributed by atoms with Crippen molar-refractivity contribution in [3.05, 3.63) is 24.2 Å². The topological polar surface area (TPSA) is 42.2 Å². The van der Waals surface area contributed by atoms with Crippen molar-refractivity contribution in [2.75, 3.05) is 5.75 Å². The van der Waals surface area contributed by atoms with Gasteiger partial charge in [0, 0.05) is 11.3 Å². The Bertz CT molecular complexity index is 358. The summed E-state index contributed by atoms with van der Waals surface area (Å²) in [4.78, 5) is 11.8. The Labute approximate surface area is 113 Å². The number of hydrogen-bond acceptors (Lipinski definition) is 3. The molecule has 1 saturated carbocycles. The zero-order chi connectivity index (χ0) is 12.8. The van der Waals surface area contributed by atoms with E-state index in [1.165, 1.54) is 25.7 Å². The summed E-state index contributed by atoms with van der Waals surface area (Å²) in [7, 11) is 0. The van der Waals surface area contributed by atoms with Crippen molar-refractivity contribution in [1.29, 1.82) is 0 Å². The summed E-state index contributed by atoms with van der Waals surface area (Å²) in [5.41, 5.74) is 1.13. The van der Waals surface area contributed by atoms with Gasteiger partial charge in [-0.3, -0.25) is 4.79 Å². The maximum Gasteiger partial charge on any atom is 0.230 e. The zero-order valence-electron chi connectivity index (χ0n) is 10.9. The highest BCUT2D eigenvalue weighted by atomic mass is 32.2. The van der Waals surface area contributed by atoms with Gasteiger partial charge in [0.05, 0.1) is 18.3 Å². The third-order valence-corrected chi connectivity index (χ3v) is 4.65. The maximum atomic E-state index is 11.8. The van der Waals surface area contributed by atoms with E-state index in [-0.39, 0.29) is 11.9 Å². The molecule has 1 heterocycles. The molecule has 0 aliphatic heterocycles. The van der Waals surface area contributed by atoms with Gasteiger partial charge in [0.15, 0.2) is 0 Å². The van der Waals surface area contributed by atoms with Gasteiger partial charge in [0.2, 0.25) is 5.91 Å². The second-order valence-corrected chi connectivity index (χ2v) is 6.31. The van der Waals surface area contributed by atoms with Gasteiger partial charge < -0.3 is 9.73 Å². The van der Waals surface area contributed by atoms with E-state index in [9.17, 15) is 4.79 Å².